The van der Waals surface area contributed by atoms with Gasteiger partial charge in [0.1, 0.15) is 11.6 Å². The lowest BCUT2D eigenvalue weighted by molar-refractivity contribution is 0.392. The predicted molar refractivity (Wildman–Crippen MR) is 113 cm³/mol. The molecule has 0 saturated carbocycles. The standard InChI is InChI=1S/C21H22N4OS2/c1-15-19(16(2)26-24-15)14-28-21-23-22-20(13-18-9-6-12-27-18)25(21)11-10-17-7-4-3-5-8-17/h3-9,12H,10-11,13-14H2,1-2H3. The topological polar surface area (TPSA) is 56.7 Å². The third-order valence-electron chi connectivity index (χ3n) is 4.70. The molecule has 0 unspecified atom stereocenters. The lowest BCUT2D eigenvalue weighted by Crippen LogP contribution is -2.08. The summed E-state index contributed by atoms with van der Waals surface area (Å²) >= 11 is 3.45. The first kappa shape index (κ1) is 19.0. The second-order valence-corrected chi connectivity index (χ2v) is 8.61. The Morgan fingerprint density at radius 1 is 1.07 bits per heavy atom. The zero-order valence-corrected chi connectivity index (χ0v) is 17.6. The fourth-order valence-corrected chi connectivity index (χ4v) is 4.92. The van der Waals surface area contributed by atoms with Crippen molar-refractivity contribution < 1.29 is 4.52 Å². The molecule has 0 bridgehead atoms. The van der Waals surface area contributed by atoms with Crippen LogP contribution in [-0.2, 0) is 25.1 Å². The monoisotopic (exact) mass is 410 g/mol. The molecule has 0 radical (unpaired) electrons. The molecule has 0 atom stereocenters. The van der Waals surface area contributed by atoms with Crippen LogP contribution in [0.2, 0.25) is 0 Å². The molecule has 4 rings (SSSR count). The summed E-state index contributed by atoms with van der Waals surface area (Å²) in [5.41, 5.74) is 3.40. The van der Waals surface area contributed by atoms with E-state index in [0.29, 0.717) is 0 Å². The molecule has 144 valence electrons. The van der Waals surface area contributed by atoms with Crippen LogP contribution in [0, 0.1) is 13.8 Å². The minimum atomic E-state index is 0.781. The zero-order chi connectivity index (χ0) is 19.3. The third kappa shape index (κ3) is 4.36. The van der Waals surface area contributed by atoms with Crippen LogP contribution in [0.25, 0.3) is 0 Å². The van der Waals surface area contributed by atoms with Crippen molar-refractivity contribution in [1.29, 1.82) is 0 Å². The largest absolute Gasteiger partial charge is 0.361 e. The lowest BCUT2D eigenvalue weighted by atomic mass is 10.1. The van der Waals surface area contributed by atoms with Gasteiger partial charge in [-0.25, -0.2) is 0 Å². The first-order chi connectivity index (χ1) is 13.7. The highest BCUT2D eigenvalue weighted by molar-refractivity contribution is 7.98. The molecule has 0 aliphatic heterocycles. The highest BCUT2D eigenvalue weighted by Gasteiger charge is 2.16. The second kappa shape index (κ2) is 8.75. The van der Waals surface area contributed by atoms with Gasteiger partial charge in [0.25, 0.3) is 0 Å². The van der Waals surface area contributed by atoms with Crippen LogP contribution >= 0.6 is 23.1 Å². The third-order valence-corrected chi connectivity index (χ3v) is 6.57. The average molecular weight is 411 g/mol. The van der Waals surface area contributed by atoms with Crippen LogP contribution < -0.4 is 0 Å². The fourth-order valence-electron chi connectivity index (χ4n) is 3.08. The molecule has 3 heterocycles. The quantitative estimate of drug-likeness (QED) is 0.380. The Balaban J connectivity index is 1.55. The summed E-state index contributed by atoms with van der Waals surface area (Å²) in [6.07, 6.45) is 1.76. The van der Waals surface area contributed by atoms with Crippen molar-refractivity contribution in [3.63, 3.8) is 0 Å². The number of hydrogen-bond acceptors (Lipinski definition) is 6. The molecular weight excluding hydrogens is 388 g/mol. The molecule has 0 amide bonds. The molecule has 7 heteroatoms. The van der Waals surface area contributed by atoms with Crippen molar-refractivity contribution in [1.82, 2.24) is 19.9 Å². The van der Waals surface area contributed by atoms with Crippen molar-refractivity contribution in [2.24, 2.45) is 0 Å². The number of hydrogen-bond donors (Lipinski definition) is 0. The van der Waals surface area contributed by atoms with Crippen molar-refractivity contribution in [2.75, 3.05) is 0 Å². The van der Waals surface area contributed by atoms with Crippen LogP contribution in [0.1, 0.15) is 33.3 Å². The second-order valence-electron chi connectivity index (χ2n) is 6.63. The lowest BCUT2D eigenvalue weighted by Gasteiger charge is -2.10. The molecule has 3 aromatic heterocycles. The van der Waals surface area contributed by atoms with E-state index in [1.807, 2.05) is 13.8 Å². The highest BCUT2D eigenvalue weighted by atomic mass is 32.2. The van der Waals surface area contributed by atoms with Gasteiger partial charge in [0.05, 0.1) is 5.69 Å². The minimum absolute atomic E-state index is 0.781. The van der Waals surface area contributed by atoms with Gasteiger partial charge in [-0.15, -0.1) is 21.5 Å². The van der Waals surface area contributed by atoms with Gasteiger partial charge in [0, 0.05) is 29.2 Å². The molecule has 0 aliphatic carbocycles. The summed E-state index contributed by atoms with van der Waals surface area (Å²) < 4.78 is 7.55. The summed E-state index contributed by atoms with van der Waals surface area (Å²) in [6.45, 7) is 4.80. The maximum atomic E-state index is 5.29. The van der Waals surface area contributed by atoms with E-state index in [0.717, 1.165) is 53.1 Å². The fraction of sp³-hybridized carbons (Fsp3) is 0.286. The van der Waals surface area contributed by atoms with Crippen LogP contribution in [0.5, 0.6) is 0 Å². The number of aromatic nitrogens is 4. The molecule has 28 heavy (non-hydrogen) atoms. The van der Waals surface area contributed by atoms with Gasteiger partial charge in [-0.3, -0.25) is 0 Å². The SMILES string of the molecule is Cc1noc(C)c1CSc1nnc(Cc2cccs2)n1CCc1ccccc1. The normalized spacial score (nSPS) is 11.2. The molecule has 5 nitrogen and oxygen atoms in total. The van der Waals surface area contributed by atoms with Crippen LogP contribution in [-0.4, -0.2) is 19.9 Å². The van der Waals surface area contributed by atoms with Crippen LogP contribution in [0.4, 0.5) is 0 Å². The number of thioether (sulfide) groups is 1. The molecule has 0 spiro atoms. The number of aryl methyl sites for hydroxylation is 3. The molecule has 0 fully saturated rings. The molecule has 0 N–H and O–H groups in total. The molecule has 0 saturated heterocycles. The summed E-state index contributed by atoms with van der Waals surface area (Å²) in [7, 11) is 0. The molecule has 4 aromatic rings. The first-order valence-corrected chi connectivity index (χ1v) is 11.1. The minimum Gasteiger partial charge on any atom is -0.361 e. The Morgan fingerprint density at radius 3 is 2.64 bits per heavy atom. The van der Waals surface area contributed by atoms with Gasteiger partial charge in [0.15, 0.2) is 5.16 Å². The summed E-state index contributed by atoms with van der Waals surface area (Å²) in [5.74, 6) is 2.67. The average Bonchev–Trinajstić information content (AvgIpc) is 3.43. The van der Waals surface area contributed by atoms with Gasteiger partial charge < -0.3 is 9.09 Å². The number of benzene rings is 1. The number of rotatable bonds is 8. The van der Waals surface area contributed by atoms with Crippen molar-refractivity contribution in [3.05, 3.63) is 81.1 Å². The summed E-state index contributed by atoms with van der Waals surface area (Å²) in [4.78, 5) is 1.30. The Labute approximate surface area is 172 Å². The predicted octanol–water partition coefficient (Wildman–Crippen LogP) is 5.07. The maximum absolute atomic E-state index is 5.29. The van der Waals surface area contributed by atoms with Gasteiger partial charge in [-0.05, 0) is 37.3 Å². The van der Waals surface area contributed by atoms with Crippen molar-refractivity contribution in [2.45, 2.75) is 44.1 Å². The van der Waals surface area contributed by atoms with E-state index in [1.54, 1.807) is 23.1 Å². The smallest absolute Gasteiger partial charge is 0.191 e. The molecular formula is C21H22N4OS2. The number of thiophene rings is 1. The van der Waals surface area contributed by atoms with Gasteiger partial charge in [-0.2, -0.15) is 0 Å². The Kier molecular flexibility index (Phi) is 5.92. The van der Waals surface area contributed by atoms with E-state index >= 15 is 0 Å². The molecule has 0 aliphatic rings. The van der Waals surface area contributed by atoms with Gasteiger partial charge >= 0.3 is 0 Å². The highest BCUT2D eigenvalue weighted by Crippen LogP contribution is 2.27. The zero-order valence-electron chi connectivity index (χ0n) is 16.0. The van der Waals surface area contributed by atoms with E-state index in [-0.39, 0.29) is 0 Å². The van der Waals surface area contributed by atoms with Crippen molar-refractivity contribution in [3.8, 4) is 0 Å². The maximum Gasteiger partial charge on any atom is 0.191 e. The van der Waals surface area contributed by atoms with Gasteiger partial charge in [-0.1, -0.05) is 53.3 Å². The Hall–Kier alpha value is -2.38. The van der Waals surface area contributed by atoms with E-state index in [2.05, 4.69) is 67.8 Å². The van der Waals surface area contributed by atoms with E-state index in [1.165, 1.54) is 10.4 Å². The first-order valence-electron chi connectivity index (χ1n) is 9.23. The van der Waals surface area contributed by atoms with E-state index in [9.17, 15) is 0 Å². The Morgan fingerprint density at radius 2 is 1.93 bits per heavy atom. The number of nitrogens with zero attached hydrogens (tertiary/aromatic N) is 4. The van der Waals surface area contributed by atoms with Crippen LogP contribution in [0.15, 0.2) is 57.5 Å². The summed E-state index contributed by atoms with van der Waals surface area (Å²) in [6, 6.07) is 14.8. The van der Waals surface area contributed by atoms with E-state index < -0.39 is 0 Å². The van der Waals surface area contributed by atoms with Crippen molar-refractivity contribution >= 4 is 23.1 Å². The van der Waals surface area contributed by atoms with Crippen LogP contribution in [0.3, 0.4) is 0 Å². The summed E-state index contributed by atoms with van der Waals surface area (Å²) in [5, 5.41) is 16.1. The van der Waals surface area contributed by atoms with E-state index in [4.69, 9.17) is 4.52 Å². The molecule has 1 aromatic carbocycles. The Bertz CT molecular complexity index is 1000. The van der Waals surface area contributed by atoms with Gasteiger partial charge in [0.2, 0.25) is 0 Å².